The Balaban J connectivity index is 2.20. The molecule has 2 heteroatoms. The lowest BCUT2D eigenvalue weighted by molar-refractivity contribution is -0.130. The molecule has 3 atom stereocenters. The van der Waals surface area contributed by atoms with Crippen molar-refractivity contribution in [2.45, 2.75) is 57.5 Å². The van der Waals surface area contributed by atoms with Crippen molar-refractivity contribution in [1.29, 1.82) is 0 Å². The highest BCUT2D eigenvalue weighted by Gasteiger charge is 2.44. The fraction of sp³-hybridized carbons (Fsp3) is 0.909. The maximum atomic E-state index is 11.8. The molecule has 1 saturated heterocycles. The van der Waals surface area contributed by atoms with Gasteiger partial charge in [-0.05, 0) is 26.7 Å². The van der Waals surface area contributed by atoms with Crippen LogP contribution in [0, 0.1) is 5.92 Å². The third-order valence-electron chi connectivity index (χ3n) is 3.68. The van der Waals surface area contributed by atoms with E-state index in [-0.39, 0.29) is 5.54 Å². The van der Waals surface area contributed by atoms with Gasteiger partial charge in [0.25, 0.3) is 0 Å². The SMILES string of the molecule is CC1CC(=O)C2CCCCC2(C)N1. The first-order valence-electron chi connectivity index (χ1n) is 5.42. The van der Waals surface area contributed by atoms with Crippen LogP contribution in [0.1, 0.15) is 46.0 Å². The molecule has 0 aromatic heterocycles. The minimum Gasteiger partial charge on any atom is -0.308 e. The van der Waals surface area contributed by atoms with Gasteiger partial charge in [0.15, 0.2) is 0 Å². The molecule has 0 amide bonds. The van der Waals surface area contributed by atoms with Crippen LogP contribution in [0.2, 0.25) is 0 Å². The lowest BCUT2D eigenvalue weighted by atomic mass is 9.68. The smallest absolute Gasteiger partial charge is 0.139 e. The highest BCUT2D eigenvalue weighted by atomic mass is 16.1. The number of piperidine rings is 1. The third-order valence-corrected chi connectivity index (χ3v) is 3.68. The van der Waals surface area contributed by atoms with Gasteiger partial charge in [0.05, 0.1) is 0 Å². The van der Waals surface area contributed by atoms with Crippen LogP contribution >= 0.6 is 0 Å². The Bertz CT molecular complexity index is 226. The van der Waals surface area contributed by atoms with Crippen LogP contribution in [0.25, 0.3) is 0 Å². The number of ketones is 1. The van der Waals surface area contributed by atoms with Crippen LogP contribution in [0.5, 0.6) is 0 Å². The van der Waals surface area contributed by atoms with E-state index in [4.69, 9.17) is 0 Å². The Morgan fingerprint density at radius 1 is 1.46 bits per heavy atom. The number of hydrogen-bond donors (Lipinski definition) is 1. The van der Waals surface area contributed by atoms with E-state index < -0.39 is 0 Å². The second-order valence-electron chi connectivity index (χ2n) is 4.93. The van der Waals surface area contributed by atoms with Crippen molar-refractivity contribution < 1.29 is 4.79 Å². The van der Waals surface area contributed by atoms with Gasteiger partial charge in [-0.25, -0.2) is 0 Å². The van der Waals surface area contributed by atoms with Gasteiger partial charge < -0.3 is 5.32 Å². The Hall–Kier alpha value is -0.370. The first-order valence-corrected chi connectivity index (χ1v) is 5.42. The zero-order chi connectivity index (χ0) is 9.47. The van der Waals surface area contributed by atoms with Crippen molar-refractivity contribution in [3.63, 3.8) is 0 Å². The summed E-state index contributed by atoms with van der Waals surface area (Å²) in [5.41, 5.74) is 0.118. The normalized spacial score (nSPS) is 45.8. The predicted octanol–water partition coefficient (Wildman–Crippen LogP) is 1.89. The second kappa shape index (κ2) is 3.09. The molecule has 1 saturated carbocycles. The van der Waals surface area contributed by atoms with Crippen LogP contribution in [0.3, 0.4) is 0 Å². The molecule has 1 N–H and O–H groups in total. The Kier molecular flexibility index (Phi) is 2.18. The van der Waals surface area contributed by atoms with E-state index in [1.807, 2.05) is 0 Å². The van der Waals surface area contributed by atoms with Crippen LogP contribution in [-0.4, -0.2) is 17.4 Å². The summed E-state index contributed by atoms with van der Waals surface area (Å²) in [4.78, 5) is 11.8. The molecule has 1 aliphatic heterocycles. The Morgan fingerprint density at radius 3 is 3.00 bits per heavy atom. The van der Waals surface area contributed by atoms with Gasteiger partial charge in [0.1, 0.15) is 5.78 Å². The first kappa shape index (κ1) is 9.20. The second-order valence-corrected chi connectivity index (χ2v) is 4.93. The fourth-order valence-electron chi connectivity index (χ4n) is 3.08. The van der Waals surface area contributed by atoms with Crippen LogP contribution < -0.4 is 5.32 Å². The maximum Gasteiger partial charge on any atom is 0.139 e. The van der Waals surface area contributed by atoms with Crippen LogP contribution in [0.4, 0.5) is 0 Å². The van der Waals surface area contributed by atoms with Crippen molar-refractivity contribution in [2.75, 3.05) is 0 Å². The lowest BCUT2D eigenvalue weighted by Gasteiger charge is -2.47. The molecule has 0 spiro atoms. The van der Waals surface area contributed by atoms with E-state index in [0.717, 1.165) is 12.8 Å². The summed E-state index contributed by atoms with van der Waals surface area (Å²) >= 11 is 0. The quantitative estimate of drug-likeness (QED) is 0.618. The summed E-state index contributed by atoms with van der Waals surface area (Å²) in [6, 6.07) is 0.381. The molecule has 2 rings (SSSR count). The molecule has 0 bridgehead atoms. The third kappa shape index (κ3) is 1.52. The molecule has 2 fully saturated rings. The number of Topliss-reactive ketones (excluding diaryl/α,β-unsaturated/α-hetero) is 1. The molecule has 3 unspecified atom stereocenters. The minimum atomic E-state index is 0.118. The number of rotatable bonds is 0. The summed E-state index contributed by atoms with van der Waals surface area (Å²) in [6.07, 6.45) is 5.53. The lowest BCUT2D eigenvalue weighted by Crippen LogP contribution is -2.60. The van der Waals surface area contributed by atoms with Crippen LogP contribution in [0.15, 0.2) is 0 Å². The standard InChI is InChI=1S/C11H19NO/c1-8-7-10(13)9-5-3-4-6-11(9,2)12-8/h8-9,12H,3-7H2,1-2H3. The highest BCUT2D eigenvalue weighted by Crippen LogP contribution is 2.38. The molecule has 1 heterocycles. The minimum absolute atomic E-state index is 0.118. The van der Waals surface area contributed by atoms with E-state index in [0.29, 0.717) is 17.7 Å². The first-order chi connectivity index (χ1) is 6.12. The average Bonchev–Trinajstić information content (AvgIpc) is 2.01. The van der Waals surface area contributed by atoms with Gasteiger partial charge in [0.2, 0.25) is 0 Å². The Labute approximate surface area is 80.1 Å². The molecule has 0 radical (unpaired) electrons. The molecule has 74 valence electrons. The maximum absolute atomic E-state index is 11.8. The summed E-state index contributed by atoms with van der Waals surface area (Å²) in [5, 5.41) is 3.60. The topological polar surface area (TPSA) is 29.1 Å². The highest BCUT2D eigenvalue weighted by molar-refractivity contribution is 5.84. The molecule has 0 aromatic rings. The van der Waals surface area contributed by atoms with Gasteiger partial charge >= 0.3 is 0 Å². The van der Waals surface area contributed by atoms with Crippen molar-refractivity contribution in [1.82, 2.24) is 5.32 Å². The largest absolute Gasteiger partial charge is 0.308 e. The molecular weight excluding hydrogens is 162 g/mol. The number of fused-ring (bicyclic) bond motifs is 1. The molecule has 2 nitrogen and oxygen atoms in total. The van der Waals surface area contributed by atoms with Gasteiger partial charge in [-0.3, -0.25) is 4.79 Å². The van der Waals surface area contributed by atoms with E-state index in [1.54, 1.807) is 0 Å². The summed E-state index contributed by atoms with van der Waals surface area (Å²) < 4.78 is 0. The van der Waals surface area contributed by atoms with Gasteiger partial charge in [-0.15, -0.1) is 0 Å². The number of carbonyl (C=O) groups excluding carboxylic acids is 1. The van der Waals surface area contributed by atoms with E-state index in [1.165, 1.54) is 19.3 Å². The number of nitrogens with one attached hydrogen (secondary N) is 1. The fourth-order valence-corrected chi connectivity index (χ4v) is 3.08. The van der Waals surface area contributed by atoms with Crippen molar-refractivity contribution in [3.8, 4) is 0 Å². The van der Waals surface area contributed by atoms with Gasteiger partial charge in [0, 0.05) is 23.9 Å². The van der Waals surface area contributed by atoms with Gasteiger partial charge in [-0.2, -0.15) is 0 Å². The number of hydrogen-bond acceptors (Lipinski definition) is 2. The molecule has 13 heavy (non-hydrogen) atoms. The molecular formula is C11H19NO. The molecule has 1 aliphatic carbocycles. The summed E-state index contributed by atoms with van der Waals surface area (Å²) in [5.74, 6) is 0.797. The van der Waals surface area contributed by atoms with Crippen molar-refractivity contribution >= 4 is 5.78 Å². The number of carbonyl (C=O) groups is 1. The summed E-state index contributed by atoms with van der Waals surface area (Å²) in [6.45, 7) is 4.35. The Morgan fingerprint density at radius 2 is 2.23 bits per heavy atom. The zero-order valence-corrected chi connectivity index (χ0v) is 8.60. The predicted molar refractivity (Wildman–Crippen MR) is 52.6 cm³/mol. The zero-order valence-electron chi connectivity index (χ0n) is 8.60. The van der Waals surface area contributed by atoms with E-state index >= 15 is 0 Å². The van der Waals surface area contributed by atoms with Crippen molar-refractivity contribution in [2.24, 2.45) is 5.92 Å². The summed E-state index contributed by atoms with van der Waals surface area (Å²) in [7, 11) is 0. The van der Waals surface area contributed by atoms with E-state index in [9.17, 15) is 4.79 Å². The van der Waals surface area contributed by atoms with Crippen LogP contribution in [-0.2, 0) is 4.79 Å². The average molecular weight is 181 g/mol. The van der Waals surface area contributed by atoms with Gasteiger partial charge in [-0.1, -0.05) is 12.8 Å². The molecule has 2 aliphatic rings. The molecule has 0 aromatic carbocycles. The van der Waals surface area contributed by atoms with E-state index in [2.05, 4.69) is 19.2 Å². The monoisotopic (exact) mass is 181 g/mol. The van der Waals surface area contributed by atoms with Crippen molar-refractivity contribution in [3.05, 3.63) is 0 Å².